The molecular formula is C22H33N5O2. The molecule has 1 aromatic heterocycles. The predicted octanol–water partition coefficient (Wildman–Crippen LogP) is 2.29. The van der Waals surface area contributed by atoms with Crippen molar-refractivity contribution in [3.8, 4) is 0 Å². The van der Waals surface area contributed by atoms with Crippen LogP contribution in [0.4, 0.5) is 4.79 Å². The second kappa shape index (κ2) is 7.69. The molecule has 1 spiro atoms. The summed E-state index contributed by atoms with van der Waals surface area (Å²) in [4.78, 5) is 36.2. The number of carbonyl (C=O) groups is 2. The molecule has 1 aliphatic carbocycles. The van der Waals surface area contributed by atoms with Gasteiger partial charge in [0.2, 0.25) is 0 Å². The first kappa shape index (κ1) is 20.3. The Labute approximate surface area is 173 Å². The van der Waals surface area contributed by atoms with Crippen molar-refractivity contribution in [1.82, 2.24) is 25.0 Å². The van der Waals surface area contributed by atoms with Crippen LogP contribution in [0.5, 0.6) is 0 Å². The summed E-state index contributed by atoms with van der Waals surface area (Å²) in [5.74, 6) is 0.404. The van der Waals surface area contributed by atoms with Crippen molar-refractivity contribution in [1.29, 1.82) is 0 Å². The lowest BCUT2D eigenvalue weighted by Crippen LogP contribution is -2.55. The van der Waals surface area contributed by atoms with E-state index in [1.54, 1.807) is 0 Å². The van der Waals surface area contributed by atoms with E-state index in [0.717, 1.165) is 52.0 Å². The molecule has 3 aliphatic rings. The maximum Gasteiger partial charge on any atom is 0.326 e. The molecule has 2 aliphatic heterocycles. The molecule has 1 N–H and O–H groups in total. The van der Waals surface area contributed by atoms with Gasteiger partial charge in [0.15, 0.2) is 0 Å². The van der Waals surface area contributed by atoms with E-state index in [4.69, 9.17) is 0 Å². The van der Waals surface area contributed by atoms with Crippen LogP contribution in [0.2, 0.25) is 0 Å². The second-order valence-corrected chi connectivity index (χ2v) is 9.99. The topological polar surface area (TPSA) is 68.8 Å². The number of amides is 3. The average Bonchev–Trinajstić information content (AvgIpc) is 2.86. The molecule has 0 radical (unpaired) electrons. The summed E-state index contributed by atoms with van der Waals surface area (Å²) in [6.07, 6.45) is 6.22. The highest BCUT2D eigenvalue weighted by Gasteiger charge is 2.56. The van der Waals surface area contributed by atoms with Gasteiger partial charge in [0, 0.05) is 45.1 Å². The van der Waals surface area contributed by atoms with Crippen LogP contribution in [0.3, 0.4) is 0 Å². The van der Waals surface area contributed by atoms with Crippen LogP contribution in [0.15, 0.2) is 24.5 Å². The van der Waals surface area contributed by atoms with Gasteiger partial charge >= 0.3 is 6.03 Å². The van der Waals surface area contributed by atoms with Crippen molar-refractivity contribution in [2.24, 2.45) is 11.3 Å². The van der Waals surface area contributed by atoms with E-state index in [0.29, 0.717) is 12.6 Å². The molecule has 0 unspecified atom stereocenters. The largest absolute Gasteiger partial charge is 0.326 e. The third kappa shape index (κ3) is 4.31. The smallest absolute Gasteiger partial charge is 0.323 e. The van der Waals surface area contributed by atoms with Crippen LogP contribution in [-0.2, 0) is 11.3 Å². The van der Waals surface area contributed by atoms with Crippen LogP contribution >= 0.6 is 0 Å². The number of nitrogens with one attached hydrogen (secondary N) is 1. The van der Waals surface area contributed by atoms with Gasteiger partial charge in [-0.25, -0.2) is 9.69 Å². The fourth-order valence-electron chi connectivity index (χ4n) is 5.67. The third-order valence-electron chi connectivity index (χ3n) is 6.59. The van der Waals surface area contributed by atoms with Gasteiger partial charge in [-0.15, -0.1) is 0 Å². The zero-order valence-electron chi connectivity index (χ0n) is 17.9. The van der Waals surface area contributed by atoms with Crippen LogP contribution in [0.25, 0.3) is 0 Å². The monoisotopic (exact) mass is 399 g/mol. The molecule has 158 valence electrons. The minimum absolute atomic E-state index is 0.0265. The average molecular weight is 400 g/mol. The van der Waals surface area contributed by atoms with E-state index in [1.165, 1.54) is 10.5 Å². The van der Waals surface area contributed by atoms with Crippen LogP contribution in [0, 0.1) is 11.3 Å². The molecule has 4 rings (SSSR count). The van der Waals surface area contributed by atoms with Crippen molar-refractivity contribution in [3.05, 3.63) is 30.1 Å². The lowest BCUT2D eigenvalue weighted by Gasteiger charge is -2.44. The van der Waals surface area contributed by atoms with Crippen molar-refractivity contribution in [3.63, 3.8) is 0 Å². The summed E-state index contributed by atoms with van der Waals surface area (Å²) in [5.41, 5.74) is 0.620. The van der Waals surface area contributed by atoms with Gasteiger partial charge in [-0.05, 0) is 48.3 Å². The number of hydrogen-bond acceptors (Lipinski definition) is 5. The Balaban J connectivity index is 1.34. The zero-order valence-corrected chi connectivity index (χ0v) is 17.9. The summed E-state index contributed by atoms with van der Waals surface area (Å²) >= 11 is 0. The highest BCUT2D eigenvalue weighted by atomic mass is 16.2. The maximum absolute atomic E-state index is 13.3. The van der Waals surface area contributed by atoms with E-state index in [9.17, 15) is 9.59 Å². The van der Waals surface area contributed by atoms with Crippen LogP contribution < -0.4 is 5.32 Å². The lowest BCUT2D eigenvalue weighted by molar-refractivity contribution is -0.136. The van der Waals surface area contributed by atoms with Crippen LogP contribution in [-0.4, -0.2) is 70.0 Å². The van der Waals surface area contributed by atoms with Crippen molar-refractivity contribution in [2.75, 3.05) is 32.8 Å². The second-order valence-electron chi connectivity index (χ2n) is 9.99. The fourth-order valence-corrected chi connectivity index (χ4v) is 5.67. The molecular weight excluding hydrogens is 366 g/mol. The van der Waals surface area contributed by atoms with E-state index in [1.807, 2.05) is 24.5 Å². The summed E-state index contributed by atoms with van der Waals surface area (Å²) in [6, 6.07) is 3.87. The third-order valence-corrected chi connectivity index (χ3v) is 6.59. The quantitative estimate of drug-likeness (QED) is 0.787. The first-order valence-corrected chi connectivity index (χ1v) is 10.7. The number of rotatable bonds is 4. The number of aromatic nitrogens is 1. The van der Waals surface area contributed by atoms with Gasteiger partial charge in [-0.2, -0.15) is 0 Å². The number of piperazine rings is 1. The summed E-state index contributed by atoms with van der Waals surface area (Å²) in [5, 5.41) is 3.08. The summed E-state index contributed by atoms with van der Waals surface area (Å²) in [7, 11) is 0. The Morgan fingerprint density at radius 2 is 1.72 bits per heavy atom. The first-order valence-electron chi connectivity index (χ1n) is 10.7. The molecule has 7 heteroatoms. The maximum atomic E-state index is 13.3. The van der Waals surface area contributed by atoms with Gasteiger partial charge < -0.3 is 5.32 Å². The number of nitrogens with zero attached hydrogens (tertiary/aromatic N) is 4. The molecule has 3 amide bonds. The fraction of sp³-hybridized carbons (Fsp3) is 0.682. The number of hydrogen-bond donors (Lipinski definition) is 1. The predicted molar refractivity (Wildman–Crippen MR) is 111 cm³/mol. The normalized spacial score (nSPS) is 30.7. The van der Waals surface area contributed by atoms with Crippen molar-refractivity contribution < 1.29 is 9.59 Å². The molecule has 0 bridgehead atoms. The van der Waals surface area contributed by atoms with Crippen molar-refractivity contribution in [2.45, 2.75) is 52.1 Å². The molecule has 3 fully saturated rings. The number of urea groups is 1. The molecule has 29 heavy (non-hydrogen) atoms. The first-order chi connectivity index (χ1) is 13.8. The summed E-state index contributed by atoms with van der Waals surface area (Å²) in [6.45, 7) is 11.5. The van der Waals surface area contributed by atoms with E-state index < -0.39 is 5.54 Å². The van der Waals surface area contributed by atoms with Gasteiger partial charge in [-0.3, -0.25) is 19.6 Å². The van der Waals surface area contributed by atoms with Gasteiger partial charge in [0.25, 0.3) is 5.91 Å². The Morgan fingerprint density at radius 3 is 2.38 bits per heavy atom. The standard InChI is InChI=1S/C22H33N5O2/c1-17-12-21(2,3)15-22(13-17)19(28)27(20(29)24-22)16-26-10-8-25(9-11-26)14-18-4-6-23-7-5-18/h4-7,17H,8-16H2,1-3H3,(H,24,29)/t17-,22+/m0/s1. The molecule has 7 nitrogen and oxygen atoms in total. The molecule has 2 saturated heterocycles. The number of imide groups is 1. The molecule has 3 heterocycles. The lowest BCUT2D eigenvalue weighted by atomic mass is 9.64. The summed E-state index contributed by atoms with van der Waals surface area (Å²) < 4.78 is 0. The Kier molecular flexibility index (Phi) is 5.38. The Bertz CT molecular complexity index is 760. The highest BCUT2D eigenvalue weighted by molar-refractivity contribution is 6.07. The van der Waals surface area contributed by atoms with Gasteiger partial charge in [0.05, 0.1) is 6.67 Å². The van der Waals surface area contributed by atoms with E-state index >= 15 is 0 Å². The number of carbonyl (C=O) groups excluding carboxylic acids is 2. The van der Waals surface area contributed by atoms with Gasteiger partial charge in [0.1, 0.15) is 5.54 Å². The molecule has 2 atom stereocenters. The van der Waals surface area contributed by atoms with Crippen LogP contribution in [0.1, 0.15) is 45.6 Å². The molecule has 0 aromatic carbocycles. The zero-order chi connectivity index (χ0) is 20.6. The van der Waals surface area contributed by atoms with Crippen molar-refractivity contribution >= 4 is 11.9 Å². The van der Waals surface area contributed by atoms with Gasteiger partial charge in [-0.1, -0.05) is 20.8 Å². The minimum atomic E-state index is -0.707. The highest BCUT2D eigenvalue weighted by Crippen LogP contribution is 2.46. The molecule has 1 saturated carbocycles. The Morgan fingerprint density at radius 1 is 1.07 bits per heavy atom. The Hall–Kier alpha value is -1.99. The number of pyridine rings is 1. The molecule has 1 aromatic rings. The van der Waals surface area contributed by atoms with E-state index in [-0.39, 0.29) is 17.4 Å². The SMILES string of the molecule is C[C@H]1CC(C)(C)C[C@@]2(C1)NC(=O)N(CN1CCN(Cc3ccncc3)CC1)C2=O. The minimum Gasteiger partial charge on any atom is -0.323 e. The van der Waals surface area contributed by atoms with E-state index in [2.05, 4.69) is 40.9 Å².